The number of ketones is 1. The first-order valence-corrected chi connectivity index (χ1v) is 6.59. The molecular formula is C15H13ClN2O3. The van der Waals surface area contributed by atoms with Crippen molar-refractivity contribution in [2.24, 2.45) is 0 Å². The lowest BCUT2D eigenvalue weighted by Crippen LogP contribution is -2.01. The molecule has 2 aromatic rings. The van der Waals surface area contributed by atoms with Crippen LogP contribution < -0.4 is 5.32 Å². The maximum absolute atomic E-state index is 11.3. The molecule has 0 radical (unpaired) electrons. The SMILES string of the molecule is CC(=O)c1ccc(Nc2ccc(Cl)cc2C)c([N+](=O)[O-])c1. The largest absolute Gasteiger partial charge is 0.350 e. The summed E-state index contributed by atoms with van der Waals surface area (Å²) in [5, 5.41) is 14.8. The summed E-state index contributed by atoms with van der Waals surface area (Å²) in [5.41, 5.74) is 2.08. The van der Waals surface area contributed by atoms with Crippen LogP contribution >= 0.6 is 11.6 Å². The van der Waals surface area contributed by atoms with Crippen LogP contribution in [0.2, 0.25) is 5.02 Å². The molecule has 0 aliphatic rings. The van der Waals surface area contributed by atoms with Crippen LogP contribution in [0, 0.1) is 17.0 Å². The lowest BCUT2D eigenvalue weighted by molar-refractivity contribution is -0.383. The van der Waals surface area contributed by atoms with E-state index in [0.29, 0.717) is 16.3 Å². The standard InChI is InChI=1S/C15H13ClN2O3/c1-9-7-12(16)4-6-13(9)17-14-5-3-11(10(2)19)8-15(14)18(20)21/h3-8,17H,1-2H3. The van der Waals surface area contributed by atoms with E-state index in [9.17, 15) is 14.9 Å². The van der Waals surface area contributed by atoms with E-state index in [0.717, 1.165) is 11.3 Å². The van der Waals surface area contributed by atoms with Crippen molar-refractivity contribution >= 4 is 34.4 Å². The molecule has 0 fully saturated rings. The Hall–Kier alpha value is -2.40. The molecule has 108 valence electrons. The van der Waals surface area contributed by atoms with E-state index in [1.165, 1.54) is 19.1 Å². The van der Waals surface area contributed by atoms with Gasteiger partial charge >= 0.3 is 0 Å². The van der Waals surface area contributed by atoms with Gasteiger partial charge in [0, 0.05) is 22.3 Å². The summed E-state index contributed by atoms with van der Waals surface area (Å²) in [7, 11) is 0. The van der Waals surface area contributed by atoms with Crippen LogP contribution in [-0.2, 0) is 0 Å². The maximum Gasteiger partial charge on any atom is 0.293 e. The molecule has 2 rings (SSSR count). The molecule has 21 heavy (non-hydrogen) atoms. The first-order chi connectivity index (χ1) is 9.88. The molecule has 0 saturated carbocycles. The van der Waals surface area contributed by atoms with Gasteiger partial charge in [0.25, 0.3) is 5.69 Å². The molecule has 5 nitrogen and oxygen atoms in total. The van der Waals surface area contributed by atoms with Gasteiger partial charge < -0.3 is 5.32 Å². The molecule has 0 aliphatic heterocycles. The predicted molar refractivity (Wildman–Crippen MR) is 82.6 cm³/mol. The van der Waals surface area contributed by atoms with Crippen LogP contribution in [0.3, 0.4) is 0 Å². The van der Waals surface area contributed by atoms with Gasteiger partial charge in [-0.15, -0.1) is 0 Å². The first-order valence-electron chi connectivity index (χ1n) is 6.21. The van der Waals surface area contributed by atoms with Gasteiger partial charge in [0.1, 0.15) is 5.69 Å². The average Bonchev–Trinajstić information content (AvgIpc) is 2.41. The van der Waals surface area contributed by atoms with Crippen molar-refractivity contribution in [1.29, 1.82) is 0 Å². The molecular weight excluding hydrogens is 292 g/mol. The van der Waals surface area contributed by atoms with Gasteiger partial charge in [-0.2, -0.15) is 0 Å². The van der Waals surface area contributed by atoms with Crippen LogP contribution in [0.4, 0.5) is 17.1 Å². The Kier molecular flexibility index (Phi) is 4.23. The third kappa shape index (κ3) is 3.38. The molecule has 0 atom stereocenters. The van der Waals surface area contributed by atoms with E-state index >= 15 is 0 Å². The zero-order valence-corrected chi connectivity index (χ0v) is 12.3. The molecule has 0 amide bonds. The van der Waals surface area contributed by atoms with Gasteiger partial charge in [-0.3, -0.25) is 14.9 Å². The number of nitro benzene ring substituents is 1. The third-order valence-electron chi connectivity index (χ3n) is 3.06. The lowest BCUT2D eigenvalue weighted by atomic mass is 10.1. The van der Waals surface area contributed by atoms with Gasteiger partial charge in [-0.25, -0.2) is 0 Å². The smallest absolute Gasteiger partial charge is 0.293 e. The minimum atomic E-state index is -0.514. The van der Waals surface area contributed by atoms with E-state index in [4.69, 9.17) is 11.6 Å². The number of aryl methyl sites for hydroxylation is 1. The summed E-state index contributed by atoms with van der Waals surface area (Å²) in [6, 6.07) is 9.58. The highest BCUT2D eigenvalue weighted by molar-refractivity contribution is 6.30. The van der Waals surface area contributed by atoms with Gasteiger partial charge in [0.2, 0.25) is 0 Å². The van der Waals surface area contributed by atoms with Crippen molar-refractivity contribution in [3.63, 3.8) is 0 Å². The molecule has 0 spiro atoms. The van der Waals surface area contributed by atoms with Crippen molar-refractivity contribution < 1.29 is 9.72 Å². The molecule has 0 aromatic heterocycles. The monoisotopic (exact) mass is 304 g/mol. The van der Waals surface area contributed by atoms with E-state index < -0.39 is 4.92 Å². The van der Waals surface area contributed by atoms with Crippen molar-refractivity contribution in [3.05, 3.63) is 62.7 Å². The molecule has 2 aromatic carbocycles. The number of hydrogen-bond acceptors (Lipinski definition) is 4. The number of hydrogen-bond donors (Lipinski definition) is 1. The quantitative estimate of drug-likeness (QED) is 0.512. The normalized spacial score (nSPS) is 10.2. The van der Waals surface area contributed by atoms with Crippen molar-refractivity contribution in [2.45, 2.75) is 13.8 Å². The molecule has 0 bridgehead atoms. The summed E-state index contributed by atoms with van der Waals surface area (Å²) in [4.78, 5) is 22.0. The Labute approximate surface area is 126 Å². The Balaban J connectivity index is 2.44. The fraction of sp³-hybridized carbons (Fsp3) is 0.133. The first kappa shape index (κ1) is 15.0. The van der Waals surface area contributed by atoms with Crippen LogP contribution in [0.1, 0.15) is 22.8 Å². The summed E-state index contributed by atoms with van der Waals surface area (Å²) in [6.45, 7) is 3.22. The zero-order chi connectivity index (χ0) is 15.6. The predicted octanol–water partition coefficient (Wildman–Crippen LogP) is 4.50. The summed E-state index contributed by atoms with van der Waals surface area (Å²) < 4.78 is 0. The van der Waals surface area contributed by atoms with Crippen LogP contribution in [0.5, 0.6) is 0 Å². The maximum atomic E-state index is 11.3. The molecule has 1 N–H and O–H groups in total. The number of benzene rings is 2. The van der Waals surface area contributed by atoms with Gasteiger partial charge in [-0.05, 0) is 49.7 Å². The highest BCUT2D eigenvalue weighted by Crippen LogP contribution is 2.30. The van der Waals surface area contributed by atoms with E-state index in [1.807, 2.05) is 6.92 Å². The number of nitrogens with one attached hydrogen (secondary N) is 1. The summed E-state index contributed by atoms with van der Waals surface area (Å²) in [6.07, 6.45) is 0. The lowest BCUT2D eigenvalue weighted by Gasteiger charge is -2.10. The second-order valence-electron chi connectivity index (χ2n) is 4.63. The summed E-state index contributed by atoms with van der Waals surface area (Å²) in [5.74, 6) is -0.215. The van der Waals surface area contributed by atoms with Crippen molar-refractivity contribution in [3.8, 4) is 0 Å². The molecule has 0 unspecified atom stereocenters. The minimum absolute atomic E-state index is 0.142. The molecule has 6 heteroatoms. The van der Waals surface area contributed by atoms with Gasteiger partial charge in [-0.1, -0.05) is 11.6 Å². The Morgan fingerprint density at radius 2 is 1.86 bits per heavy atom. The molecule has 0 aliphatic carbocycles. The Morgan fingerprint density at radius 3 is 2.43 bits per heavy atom. The van der Waals surface area contributed by atoms with Crippen LogP contribution in [-0.4, -0.2) is 10.7 Å². The second-order valence-corrected chi connectivity index (χ2v) is 5.07. The number of rotatable bonds is 4. The van der Waals surface area contributed by atoms with Crippen molar-refractivity contribution in [2.75, 3.05) is 5.32 Å². The minimum Gasteiger partial charge on any atom is -0.350 e. The Morgan fingerprint density at radius 1 is 1.19 bits per heavy atom. The topological polar surface area (TPSA) is 72.2 Å². The average molecular weight is 305 g/mol. The van der Waals surface area contributed by atoms with Gasteiger partial charge in [0.05, 0.1) is 4.92 Å². The van der Waals surface area contributed by atoms with Crippen molar-refractivity contribution in [1.82, 2.24) is 0 Å². The number of nitrogens with zero attached hydrogens (tertiary/aromatic N) is 1. The number of nitro groups is 1. The number of Topliss-reactive ketones (excluding diaryl/α,β-unsaturated/α-hetero) is 1. The third-order valence-corrected chi connectivity index (χ3v) is 3.29. The fourth-order valence-electron chi connectivity index (χ4n) is 1.92. The summed E-state index contributed by atoms with van der Waals surface area (Å²) >= 11 is 5.88. The number of anilines is 2. The van der Waals surface area contributed by atoms with E-state index in [1.54, 1.807) is 24.3 Å². The number of halogens is 1. The molecule has 0 heterocycles. The Bertz CT molecular complexity index is 729. The van der Waals surface area contributed by atoms with Crippen LogP contribution in [0.15, 0.2) is 36.4 Å². The van der Waals surface area contributed by atoms with E-state index in [-0.39, 0.29) is 11.5 Å². The zero-order valence-electron chi connectivity index (χ0n) is 11.5. The second kappa shape index (κ2) is 5.93. The highest BCUT2D eigenvalue weighted by Gasteiger charge is 2.16. The molecule has 0 saturated heterocycles. The van der Waals surface area contributed by atoms with Gasteiger partial charge in [0.15, 0.2) is 5.78 Å². The number of carbonyl (C=O) groups is 1. The fourth-order valence-corrected chi connectivity index (χ4v) is 2.15. The highest BCUT2D eigenvalue weighted by atomic mass is 35.5. The number of carbonyl (C=O) groups excluding carboxylic acids is 1. The van der Waals surface area contributed by atoms with Crippen LogP contribution in [0.25, 0.3) is 0 Å². The van der Waals surface area contributed by atoms with E-state index in [2.05, 4.69) is 5.32 Å².